The molecule has 0 bridgehead atoms. The zero-order valence-electron chi connectivity index (χ0n) is 32.1. The first kappa shape index (κ1) is 37.7. The number of piperidine rings is 1. The van der Waals surface area contributed by atoms with E-state index < -0.39 is 0 Å². The molecule has 4 unspecified atom stereocenters. The summed E-state index contributed by atoms with van der Waals surface area (Å²) >= 11 is 0. The van der Waals surface area contributed by atoms with Crippen LogP contribution in [0.5, 0.6) is 11.5 Å². The number of hydrogen-bond donors (Lipinski definition) is 4. The second-order valence-corrected chi connectivity index (χ2v) is 15.7. The Hall–Kier alpha value is -5.10. The van der Waals surface area contributed by atoms with Crippen LogP contribution in [-0.4, -0.2) is 75.5 Å². The molecule has 0 radical (unpaired) electrons. The molecule has 2 amide bonds. The maximum Gasteiger partial charge on any atom is 0.320 e. The van der Waals surface area contributed by atoms with Crippen molar-refractivity contribution in [3.8, 4) is 17.2 Å². The van der Waals surface area contributed by atoms with Gasteiger partial charge < -0.3 is 24.6 Å². The largest absolute Gasteiger partial charge is 0.492 e. The summed E-state index contributed by atoms with van der Waals surface area (Å²) in [6.07, 6.45) is 6.08. The van der Waals surface area contributed by atoms with E-state index in [1.54, 1.807) is 27.6 Å². The standard InChI is InChI=1S/C41H55N9O3/c1-27-12-10-13-28(2)49(27)39(43)48-26-31(18-21-37(48)42)53-35-20-19-34(32-16-8-9-17-33(32)35)44-40(51)45-38-25-36(41(3,4)5)46-50(38)29-14-11-15-30(24-29)52-23-22-47(6)7/h8-9,11,14-18,21,24-28,34-35,42-43H,10,12-13,19-20,22-23H2,1-7H3,(H2,44,45,51). The Bertz CT molecular complexity index is 1970. The summed E-state index contributed by atoms with van der Waals surface area (Å²) in [4.78, 5) is 17.9. The highest BCUT2D eigenvalue weighted by Crippen LogP contribution is 2.39. The normalized spacial score (nSPS) is 20.1. The average Bonchev–Trinajstić information content (AvgIpc) is 3.54. The molecule has 2 aromatic heterocycles. The van der Waals surface area contributed by atoms with E-state index >= 15 is 0 Å². The molecule has 4 N–H and O–H groups in total. The lowest BCUT2D eigenvalue weighted by atomic mass is 9.85. The molecule has 1 fully saturated rings. The van der Waals surface area contributed by atoms with Crippen molar-refractivity contribution < 1.29 is 14.3 Å². The zero-order chi connectivity index (χ0) is 37.9. The Morgan fingerprint density at radius 2 is 1.68 bits per heavy atom. The van der Waals surface area contributed by atoms with E-state index in [1.807, 2.05) is 62.6 Å². The van der Waals surface area contributed by atoms with Gasteiger partial charge in [0, 0.05) is 36.2 Å². The van der Waals surface area contributed by atoms with Crippen molar-refractivity contribution in [3.63, 3.8) is 0 Å². The Morgan fingerprint density at radius 3 is 2.40 bits per heavy atom. The van der Waals surface area contributed by atoms with Gasteiger partial charge in [-0.1, -0.05) is 51.1 Å². The van der Waals surface area contributed by atoms with E-state index in [4.69, 9.17) is 25.4 Å². The number of benzene rings is 2. The maximum atomic E-state index is 13.7. The molecule has 0 saturated carbocycles. The number of urea groups is 1. The third-order valence-corrected chi connectivity index (χ3v) is 10.2. The number of anilines is 1. The Kier molecular flexibility index (Phi) is 11.3. The number of nitrogens with one attached hydrogen (secondary N) is 4. The number of carbonyl (C=O) groups excluding carboxylic acids is 1. The molecule has 12 nitrogen and oxygen atoms in total. The van der Waals surface area contributed by atoms with Crippen LogP contribution in [0.15, 0.2) is 72.9 Å². The first-order valence-corrected chi connectivity index (χ1v) is 18.7. The SMILES string of the molecule is CC1CCCC(C)N1C(=N)n1cc(OC2CCC(NC(=O)Nc3cc(C(C)(C)C)nn3-c3cccc(OCCN(C)C)c3)c3ccccc32)ccc1=N. The second kappa shape index (κ2) is 15.9. The lowest BCUT2D eigenvalue weighted by Crippen LogP contribution is -2.51. The highest BCUT2D eigenvalue weighted by atomic mass is 16.5. The van der Waals surface area contributed by atoms with Gasteiger partial charge in [0.25, 0.3) is 0 Å². The van der Waals surface area contributed by atoms with Crippen LogP contribution in [0.1, 0.15) is 95.7 Å². The first-order chi connectivity index (χ1) is 25.3. The van der Waals surface area contributed by atoms with Gasteiger partial charge in [-0.3, -0.25) is 20.7 Å². The summed E-state index contributed by atoms with van der Waals surface area (Å²) < 4.78 is 16.0. The highest BCUT2D eigenvalue weighted by molar-refractivity contribution is 5.89. The van der Waals surface area contributed by atoms with Crippen LogP contribution in [0.2, 0.25) is 0 Å². The van der Waals surface area contributed by atoms with E-state index in [-0.39, 0.29) is 41.2 Å². The average molecular weight is 722 g/mol. The number of carbonyl (C=O) groups is 1. The van der Waals surface area contributed by atoms with Crippen molar-refractivity contribution >= 4 is 17.8 Å². The van der Waals surface area contributed by atoms with Crippen molar-refractivity contribution in [2.24, 2.45) is 0 Å². The van der Waals surface area contributed by atoms with Crippen LogP contribution < -0.4 is 25.6 Å². The number of ether oxygens (including phenoxy) is 2. The van der Waals surface area contributed by atoms with E-state index in [9.17, 15) is 4.79 Å². The quantitative estimate of drug-likeness (QED) is 0.107. The summed E-state index contributed by atoms with van der Waals surface area (Å²) in [6, 6.07) is 21.2. The lowest BCUT2D eigenvalue weighted by molar-refractivity contribution is 0.170. The molecule has 3 heterocycles. The molecule has 4 aromatic rings. The van der Waals surface area contributed by atoms with Crippen LogP contribution in [-0.2, 0) is 5.41 Å². The first-order valence-electron chi connectivity index (χ1n) is 18.7. The smallest absolute Gasteiger partial charge is 0.320 e. The lowest BCUT2D eigenvalue weighted by Gasteiger charge is -2.41. The monoisotopic (exact) mass is 721 g/mol. The topological polar surface area (TPSA) is 137 Å². The fraction of sp³-hybridized carbons (Fsp3) is 0.463. The number of hydrogen-bond acceptors (Lipinski definition) is 7. The third-order valence-electron chi connectivity index (χ3n) is 10.2. The van der Waals surface area contributed by atoms with Crippen molar-refractivity contribution in [1.82, 2.24) is 29.5 Å². The van der Waals surface area contributed by atoms with Crippen molar-refractivity contribution in [2.75, 3.05) is 32.6 Å². The Labute approximate surface area is 313 Å². The number of nitrogens with zero attached hydrogens (tertiary/aromatic N) is 5. The summed E-state index contributed by atoms with van der Waals surface area (Å²) in [5.74, 6) is 2.20. The van der Waals surface area contributed by atoms with Gasteiger partial charge >= 0.3 is 6.03 Å². The van der Waals surface area contributed by atoms with Gasteiger partial charge in [-0.25, -0.2) is 9.48 Å². The molecule has 282 valence electrons. The predicted octanol–water partition coefficient (Wildman–Crippen LogP) is 7.21. The van der Waals surface area contributed by atoms with Crippen molar-refractivity contribution in [1.29, 1.82) is 10.8 Å². The molecule has 1 saturated heterocycles. The van der Waals surface area contributed by atoms with Gasteiger partial charge in [-0.2, -0.15) is 5.10 Å². The molecule has 1 aliphatic carbocycles. The predicted molar refractivity (Wildman–Crippen MR) is 208 cm³/mol. The Balaban J connectivity index is 1.18. The van der Waals surface area contributed by atoms with Crippen molar-refractivity contribution in [3.05, 3.63) is 95.2 Å². The zero-order valence-corrected chi connectivity index (χ0v) is 32.1. The minimum atomic E-state index is -0.323. The molecule has 1 aliphatic heterocycles. The summed E-state index contributed by atoms with van der Waals surface area (Å²) in [7, 11) is 4.02. The molecular formula is C41H55N9O3. The third kappa shape index (κ3) is 8.76. The molecule has 2 aliphatic rings. The molecule has 53 heavy (non-hydrogen) atoms. The van der Waals surface area contributed by atoms with Crippen LogP contribution in [0.3, 0.4) is 0 Å². The second-order valence-electron chi connectivity index (χ2n) is 15.7. The molecule has 0 spiro atoms. The molecule has 12 heteroatoms. The van der Waals surface area contributed by atoms with Gasteiger partial charge in [0.2, 0.25) is 5.96 Å². The number of amides is 2. The summed E-state index contributed by atoms with van der Waals surface area (Å²) in [6.45, 7) is 12.0. The minimum absolute atomic E-state index is 0.228. The number of fused-ring (bicyclic) bond motifs is 1. The number of aromatic nitrogens is 3. The summed E-state index contributed by atoms with van der Waals surface area (Å²) in [5, 5.41) is 28.8. The number of likely N-dealkylation sites (N-methyl/N-ethyl adjacent to an activating group) is 1. The number of pyridine rings is 1. The van der Waals surface area contributed by atoms with Crippen LogP contribution >= 0.6 is 0 Å². The van der Waals surface area contributed by atoms with E-state index in [0.29, 0.717) is 37.0 Å². The van der Waals surface area contributed by atoms with Gasteiger partial charge in [0.05, 0.1) is 23.6 Å². The number of likely N-dealkylation sites (tertiary alicyclic amines) is 1. The molecule has 2 aromatic carbocycles. The Morgan fingerprint density at radius 1 is 0.943 bits per heavy atom. The molecular weight excluding hydrogens is 667 g/mol. The van der Waals surface area contributed by atoms with Gasteiger partial charge in [-0.05, 0) is 95.4 Å². The van der Waals surface area contributed by atoms with Crippen molar-refractivity contribution in [2.45, 2.75) is 96.4 Å². The van der Waals surface area contributed by atoms with Crippen LogP contribution in [0.25, 0.3) is 5.69 Å². The van der Waals surface area contributed by atoms with E-state index in [2.05, 4.69) is 61.1 Å². The fourth-order valence-corrected chi connectivity index (χ4v) is 7.27. The van der Waals surface area contributed by atoms with Crippen LogP contribution in [0.4, 0.5) is 10.6 Å². The van der Waals surface area contributed by atoms with E-state index in [0.717, 1.165) is 54.1 Å². The molecule has 4 atom stereocenters. The highest BCUT2D eigenvalue weighted by Gasteiger charge is 2.31. The number of rotatable bonds is 9. The van der Waals surface area contributed by atoms with Gasteiger partial charge in [0.15, 0.2) is 0 Å². The van der Waals surface area contributed by atoms with Gasteiger partial charge in [0.1, 0.15) is 35.5 Å². The molecule has 6 rings (SSSR count). The summed E-state index contributed by atoms with van der Waals surface area (Å²) in [5.41, 5.74) is 3.65. The maximum absolute atomic E-state index is 13.7. The fourth-order valence-electron chi connectivity index (χ4n) is 7.27. The minimum Gasteiger partial charge on any atom is -0.492 e. The van der Waals surface area contributed by atoms with Gasteiger partial charge in [-0.15, -0.1) is 0 Å². The van der Waals surface area contributed by atoms with E-state index in [1.165, 1.54) is 0 Å². The van der Waals surface area contributed by atoms with Crippen LogP contribution in [0, 0.1) is 10.8 Å².